The summed E-state index contributed by atoms with van der Waals surface area (Å²) in [5, 5.41) is 17.4. The Labute approximate surface area is 119 Å². The second-order valence-corrected chi connectivity index (χ2v) is 3.92. The average Bonchev–Trinajstić information content (AvgIpc) is 2.96. The van der Waals surface area contributed by atoms with Gasteiger partial charge in [-0.3, -0.25) is 14.8 Å². The van der Waals surface area contributed by atoms with Crippen LogP contribution in [0.25, 0.3) is 0 Å². The lowest BCUT2D eigenvalue weighted by Gasteiger charge is -2.08. The number of aromatic nitrogens is 4. The third kappa shape index (κ3) is 3.78. The molecule has 0 fully saturated rings. The van der Waals surface area contributed by atoms with E-state index < -0.39 is 4.92 Å². The largest absolute Gasteiger partial charge is 0.481 e. The molecular weight excluding hydrogens is 280 g/mol. The van der Waals surface area contributed by atoms with Crippen LogP contribution in [0.3, 0.4) is 0 Å². The number of hydrogen-bond donors (Lipinski definition) is 1. The number of hydrogen-bond acceptors (Lipinski definition) is 8. The zero-order valence-electron chi connectivity index (χ0n) is 11.5. The van der Waals surface area contributed by atoms with Crippen LogP contribution in [0.15, 0.2) is 18.5 Å². The Kier molecular flexibility index (Phi) is 4.49. The molecule has 2 rings (SSSR count). The highest BCUT2D eigenvalue weighted by Gasteiger charge is 2.09. The van der Waals surface area contributed by atoms with E-state index in [4.69, 9.17) is 9.47 Å². The van der Waals surface area contributed by atoms with Crippen molar-refractivity contribution in [3.05, 3.63) is 28.6 Å². The Morgan fingerprint density at radius 1 is 1.33 bits per heavy atom. The molecule has 0 unspecified atom stereocenters. The van der Waals surface area contributed by atoms with Crippen molar-refractivity contribution in [2.45, 2.75) is 6.54 Å². The fourth-order valence-electron chi connectivity index (χ4n) is 1.54. The predicted octanol–water partition coefficient (Wildman–Crippen LogP) is 0.711. The normalized spacial score (nSPS) is 10.2. The van der Waals surface area contributed by atoms with E-state index in [1.807, 2.05) is 0 Å². The molecule has 10 nitrogen and oxygen atoms in total. The first kappa shape index (κ1) is 14.5. The van der Waals surface area contributed by atoms with E-state index >= 15 is 0 Å². The molecule has 0 aliphatic rings. The third-order valence-electron chi connectivity index (χ3n) is 2.55. The van der Waals surface area contributed by atoms with Gasteiger partial charge in [0.1, 0.15) is 12.4 Å². The number of ether oxygens (including phenoxy) is 2. The van der Waals surface area contributed by atoms with E-state index in [-0.39, 0.29) is 5.69 Å². The summed E-state index contributed by atoms with van der Waals surface area (Å²) in [6.07, 6.45) is 2.56. The molecule has 0 bridgehead atoms. The van der Waals surface area contributed by atoms with Gasteiger partial charge in [0.25, 0.3) is 0 Å². The molecule has 0 amide bonds. The van der Waals surface area contributed by atoms with Crippen molar-refractivity contribution in [2.75, 3.05) is 26.1 Å². The van der Waals surface area contributed by atoms with Crippen molar-refractivity contribution in [2.24, 2.45) is 0 Å². The second-order valence-electron chi connectivity index (χ2n) is 3.92. The van der Waals surface area contributed by atoms with E-state index in [1.165, 1.54) is 31.3 Å². The van der Waals surface area contributed by atoms with Crippen LogP contribution in [0.5, 0.6) is 11.8 Å². The summed E-state index contributed by atoms with van der Waals surface area (Å²) >= 11 is 0. The molecule has 0 aliphatic heterocycles. The Morgan fingerprint density at radius 2 is 2.00 bits per heavy atom. The molecule has 0 saturated heterocycles. The summed E-state index contributed by atoms with van der Waals surface area (Å²) in [7, 11) is 2.99. The SMILES string of the molecule is COc1cc(OC)nc(NCCn2cc([N+](=O)[O-])cn2)n1. The molecule has 0 atom stereocenters. The molecule has 1 N–H and O–H groups in total. The van der Waals surface area contributed by atoms with Crippen LogP contribution in [-0.4, -0.2) is 45.4 Å². The minimum absolute atomic E-state index is 0.0469. The number of anilines is 1. The fourth-order valence-corrected chi connectivity index (χ4v) is 1.54. The number of methoxy groups -OCH3 is 2. The van der Waals surface area contributed by atoms with Gasteiger partial charge in [0, 0.05) is 6.54 Å². The highest BCUT2D eigenvalue weighted by atomic mass is 16.6. The average molecular weight is 294 g/mol. The summed E-state index contributed by atoms with van der Waals surface area (Å²) in [5.41, 5.74) is -0.0469. The summed E-state index contributed by atoms with van der Waals surface area (Å²) < 4.78 is 11.5. The zero-order chi connectivity index (χ0) is 15.2. The number of nitrogens with one attached hydrogen (secondary N) is 1. The topological polar surface area (TPSA) is 117 Å². The standard InChI is InChI=1S/C11H14N6O4/c1-20-9-5-10(21-2)15-11(14-9)12-3-4-16-7-8(6-13-16)17(18)19/h5-7H,3-4H2,1-2H3,(H,12,14,15). The molecule has 0 aromatic carbocycles. The summed E-state index contributed by atoms with van der Waals surface area (Å²) in [5.74, 6) is 1.09. The van der Waals surface area contributed by atoms with E-state index in [1.54, 1.807) is 6.07 Å². The quantitative estimate of drug-likeness (QED) is 0.586. The number of nitro groups is 1. The van der Waals surface area contributed by atoms with E-state index in [0.717, 1.165) is 0 Å². The molecule has 112 valence electrons. The lowest BCUT2D eigenvalue weighted by atomic mass is 10.5. The highest BCUT2D eigenvalue weighted by Crippen LogP contribution is 2.17. The Hall–Kier alpha value is -2.91. The van der Waals surface area contributed by atoms with Crippen molar-refractivity contribution in [3.8, 4) is 11.8 Å². The predicted molar refractivity (Wildman–Crippen MR) is 72.5 cm³/mol. The van der Waals surface area contributed by atoms with Gasteiger partial charge in [-0.25, -0.2) is 0 Å². The van der Waals surface area contributed by atoms with Crippen molar-refractivity contribution < 1.29 is 14.4 Å². The van der Waals surface area contributed by atoms with Crippen LogP contribution >= 0.6 is 0 Å². The van der Waals surface area contributed by atoms with Gasteiger partial charge in [0.2, 0.25) is 17.7 Å². The van der Waals surface area contributed by atoms with Crippen LogP contribution in [0, 0.1) is 10.1 Å². The first-order valence-electron chi connectivity index (χ1n) is 6.00. The fraction of sp³-hybridized carbons (Fsp3) is 0.364. The lowest BCUT2D eigenvalue weighted by Crippen LogP contribution is -2.13. The molecule has 21 heavy (non-hydrogen) atoms. The maximum Gasteiger partial charge on any atom is 0.306 e. The van der Waals surface area contributed by atoms with E-state index in [0.29, 0.717) is 30.8 Å². The third-order valence-corrected chi connectivity index (χ3v) is 2.55. The number of nitrogens with zero attached hydrogens (tertiary/aromatic N) is 5. The second kappa shape index (κ2) is 6.50. The van der Waals surface area contributed by atoms with Crippen molar-refractivity contribution in [1.29, 1.82) is 0 Å². The molecule has 0 aliphatic carbocycles. The van der Waals surface area contributed by atoms with Gasteiger partial charge in [-0.05, 0) is 0 Å². The Bertz CT molecular complexity index is 607. The molecule has 0 radical (unpaired) electrons. The number of rotatable bonds is 7. The maximum atomic E-state index is 10.5. The summed E-state index contributed by atoms with van der Waals surface area (Å²) in [6, 6.07) is 1.56. The van der Waals surface area contributed by atoms with Crippen molar-refractivity contribution >= 4 is 11.6 Å². The van der Waals surface area contributed by atoms with E-state index in [2.05, 4.69) is 20.4 Å². The van der Waals surface area contributed by atoms with Gasteiger partial charge < -0.3 is 14.8 Å². The molecular formula is C11H14N6O4. The smallest absolute Gasteiger partial charge is 0.306 e. The van der Waals surface area contributed by atoms with Gasteiger partial charge in [-0.15, -0.1) is 0 Å². The molecule has 10 heteroatoms. The van der Waals surface area contributed by atoms with Gasteiger partial charge >= 0.3 is 5.69 Å². The van der Waals surface area contributed by atoms with Crippen LogP contribution in [0.4, 0.5) is 11.6 Å². The van der Waals surface area contributed by atoms with Crippen LogP contribution in [-0.2, 0) is 6.54 Å². The van der Waals surface area contributed by atoms with Crippen LogP contribution in [0.1, 0.15) is 0 Å². The van der Waals surface area contributed by atoms with Gasteiger partial charge in [0.05, 0.1) is 31.8 Å². The van der Waals surface area contributed by atoms with Crippen molar-refractivity contribution in [3.63, 3.8) is 0 Å². The Morgan fingerprint density at radius 3 is 2.52 bits per heavy atom. The monoisotopic (exact) mass is 294 g/mol. The minimum atomic E-state index is -0.493. The molecule has 2 aromatic heterocycles. The van der Waals surface area contributed by atoms with Crippen LogP contribution in [0.2, 0.25) is 0 Å². The summed E-state index contributed by atoms with van der Waals surface area (Å²) in [4.78, 5) is 18.3. The maximum absolute atomic E-state index is 10.5. The summed E-state index contributed by atoms with van der Waals surface area (Å²) in [6.45, 7) is 0.867. The zero-order valence-corrected chi connectivity index (χ0v) is 11.5. The van der Waals surface area contributed by atoms with Crippen LogP contribution < -0.4 is 14.8 Å². The van der Waals surface area contributed by atoms with E-state index in [9.17, 15) is 10.1 Å². The molecule has 2 aromatic rings. The van der Waals surface area contributed by atoms with Gasteiger partial charge in [-0.2, -0.15) is 15.1 Å². The first-order valence-corrected chi connectivity index (χ1v) is 6.00. The minimum Gasteiger partial charge on any atom is -0.481 e. The molecule has 2 heterocycles. The molecule has 0 spiro atoms. The Balaban J connectivity index is 1.94. The lowest BCUT2D eigenvalue weighted by molar-refractivity contribution is -0.385. The first-order chi connectivity index (χ1) is 10.1. The highest BCUT2D eigenvalue weighted by molar-refractivity contribution is 5.33. The van der Waals surface area contributed by atoms with Gasteiger partial charge in [0.15, 0.2) is 0 Å². The molecule has 0 saturated carbocycles. The van der Waals surface area contributed by atoms with Gasteiger partial charge in [-0.1, -0.05) is 0 Å². The van der Waals surface area contributed by atoms with Crippen molar-refractivity contribution in [1.82, 2.24) is 19.7 Å².